The minimum atomic E-state index is -4.40. The van der Waals surface area contributed by atoms with Crippen molar-refractivity contribution in [2.75, 3.05) is 7.11 Å². The molecular weight excluding hydrogens is 221 g/mol. The molecule has 1 aliphatic rings. The van der Waals surface area contributed by atoms with Gasteiger partial charge in [0.1, 0.15) is 11.5 Å². The fourth-order valence-corrected chi connectivity index (χ4v) is 1.36. The maximum atomic E-state index is 12.5. The minimum Gasteiger partial charge on any atom is -0.496 e. The Balaban J connectivity index is 2.26. The number of methoxy groups -OCH3 is 1. The van der Waals surface area contributed by atoms with E-state index >= 15 is 0 Å². The van der Waals surface area contributed by atoms with E-state index in [2.05, 4.69) is 0 Å². The monoisotopic (exact) mass is 232 g/mol. The zero-order valence-corrected chi connectivity index (χ0v) is 8.67. The van der Waals surface area contributed by atoms with Crippen LogP contribution < -0.4 is 9.47 Å². The summed E-state index contributed by atoms with van der Waals surface area (Å²) >= 11 is 0. The van der Waals surface area contributed by atoms with Crippen LogP contribution in [0.15, 0.2) is 18.2 Å². The maximum absolute atomic E-state index is 12.5. The van der Waals surface area contributed by atoms with Gasteiger partial charge in [0.15, 0.2) is 0 Å². The number of rotatable bonds is 3. The molecule has 0 atom stereocenters. The Hall–Kier alpha value is -1.39. The third kappa shape index (κ3) is 2.40. The van der Waals surface area contributed by atoms with Gasteiger partial charge in [0.25, 0.3) is 0 Å². The van der Waals surface area contributed by atoms with Crippen LogP contribution in [0, 0.1) is 0 Å². The molecule has 2 rings (SSSR count). The van der Waals surface area contributed by atoms with Gasteiger partial charge in [-0.2, -0.15) is 13.2 Å². The van der Waals surface area contributed by atoms with Crippen molar-refractivity contribution in [3.05, 3.63) is 23.8 Å². The van der Waals surface area contributed by atoms with E-state index in [1.54, 1.807) is 0 Å². The molecule has 1 aromatic carbocycles. The van der Waals surface area contributed by atoms with Crippen LogP contribution in [0.4, 0.5) is 13.2 Å². The van der Waals surface area contributed by atoms with Crippen molar-refractivity contribution in [1.29, 1.82) is 0 Å². The fourth-order valence-electron chi connectivity index (χ4n) is 1.36. The molecule has 5 heteroatoms. The van der Waals surface area contributed by atoms with Gasteiger partial charge < -0.3 is 9.47 Å². The number of hydrogen-bond donors (Lipinski definition) is 0. The summed E-state index contributed by atoms with van der Waals surface area (Å²) in [5, 5.41) is 0. The molecule has 1 fully saturated rings. The molecular formula is C11H11F3O2. The summed E-state index contributed by atoms with van der Waals surface area (Å²) in [5.74, 6) is 0.220. The molecule has 0 heterocycles. The predicted octanol–water partition coefficient (Wildman–Crippen LogP) is 3.26. The second-order valence-electron chi connectivity index (χ2n) is 3.68. The quantitative estimate of drug-likeness (QED) is 0.796. The second-order valence-corrected chi connectivity index (χ2v) is 3.68. The first-order chi connectivity index (χ1) is 7.50. The summed E-state index contributed by atoms with van der Waals surface area (Å²) in [4.78, 5) is 0. The molecule has 0 unspecified atom stereocenters. The van der Waals surface area contributed by atoms with E-state index in [9.17, 15) is 13.2 Å². The largest absolute Gasteiger partial charge is 0.496 e. The topological polar surface area (TPSA) is 18.5 Å². The Morgan fingerprint density at radius 3 is 2.44 bits per heavy atom. The highest BCUT2D eigenvalue weighted by molar-refractivity contribution is 5.42. The molecule has 16 heavy (non-hydrogen) atoms. The van der Waals surface area contributed by atoms with Crippen molar-refractivity contribution < 1.29 is 22.6 Å². The third-order valence-corrected chi connectivity index (χ3v) is 2.31. The molecule has 0 aromatic heterocycles. The lowest BCUT2D eigenvalue weighted by molar-refractivity contribution is -0.138. The number of alkyl halides is 3. The van der Waals surface area contributed by atoms with E-state index in [1.807, 2.05) is 0 Å². The Kier molecular flexibility index (Phi) is 2.69. The maximum Gasteiger partial charge on any atom is 0.419 e. The van der Waals surface area contributed by atoms with Crippen LogP contribution in [0.25, 0.3) is 0 Å². The second kappa shape index (κ2) is 3.88. The molecule has 2 nitrogen and oxygen atoms in total. The standard InChI is InChI=1S/C11H11F3O2/c1-15-10-6-8(16-7-2-3-7)4-5-9(10)11(12,13)14/h4-7H,2-3H2,1H3. The van der Waals surface area contributed by atoms with Crippen molar-refractivity contribution in [1.82, 2.24) is 0 Å². The molecule has 1 aliphatic carbocycles. The van der Waals surface area contributed by atoms with Crippen molar-refractivity contribution in [3.8, 4) is 11.5 Å². The third-order valence-electron chi connectivity index (χ3n) is 2.31. The van der Waals surface area contributed by atoms with E-state index < -0.39 is 11.7 Å². The van der Waals surface area contributed by atoms with Crippen molar-refractivity contribution in [3.63, 3.8) is 0 Å². The Labute approximate surface area is 91.0 Å². The Bertz CT molecular complexity index is 383. The summed E-state index contributed by atoms with van der Waals surface area (Å²) < 4.78 is 47.7. The average molecular weight is 232 g/mol. The molecule has 0 bridgehead atoms. The lowest BCUT2D eigenvalue weighted by Crippen LogP contribution is -2.07. The first-order valence-corrected chi connectivity index (χ1v) is 4.92. The number of ether oxygens (including phenoxy) is 2. The van der Waals surface area contributed by atoms with E-state index in [0.29, 0.717) is 5.75 Å². The minimum absolute atomic E-state index is 0.154. The molecule has 0 amide bonds. The smallest absolute Gasteiger partial charge is 0.419 e. The van der Waals surface area contributed by atoms with Crippen molar-refractivity contribution in [2.24, 2.45) is 0 Å². The highest BCUT2D eigenvalue weighted by Crippen LogP contribution is 2.39. The summed E-state index contributed by atoms with van der Waals surface area (Å²) in [6.45, 7) is 0. The van der Waals surface area contributed by atoms with Crippen LogP contribution >= 0.6 is 0 Å². The summed E-state index contributed by atoms with van der Waals surface area (Å²) in [7, 11) is 1.21. The zero-order chi connectivity index (χ0) is 11.8. The molecule has 0 aliphatic heterocycles. The summed E-state index contributed by atoms with van der Waals surface area (Å²) in [6.07, 6.45) is -2.32. The first kappa shape index (κ1) is 11.1. The highest BCUT2D eigenvalue weighted by Gasteiger charge is 2.34. The number of halogens is 3. The molecule has 0 spiro atoms. The number of hydrogen-bond acceptors (Lipinski definition) is 2. The molecule has 0 radical (unpaired) electrons. The first-order valence-electron chi connectivity index (χ1n) is 4.92. The molecule has 88 valence electrons. The Morgan fingerprint density at radius 1 is 1.25 bits per heavy atom. The predicted molar refractivity (Wildman–Crippen MR) is 51.6 cm³/mol. The van der Waals surface area contributed by atoms with Crippen LogP contribution in [-0.4, -0.2) is 13.2 Å². The van der Waals surface area contributed by atoms with Gasteiger partial charge in [-0.1, -0.05) is 0 Å². The van der Waals surface area contributed by atoms with Gasteiger partial charge in [0, 0.05) is 6.07 Å². The van der Waals surface area contributed by atoms with E-state index in [0.717, 1.165) is 18.9 Å². The lowest BCUT2D eigenvalue weighted by atomic mass is 10.2. The van der Waals surface area contributed by atoms with Crippen LogP contribution in [0.1, 0.15) is 18.4 Å². The number of benzene rings is 1. The molecule has 0 saturated heterocycles. The average Bonchev–Trinajstić information content (AvgIpc) is 3.00. The fraction of sp³-hybridized carbons (Fsp3) is 0.455. The summed E-state index contributed by atoms with van der Waals surface area (Å²) in [5.41, 5.74) is -0.779. The van der Waals surface area contributed by atoms with Crippen LogP contribution in [0.3, 0.4) is 0 Å². The van der Waals surface area contributed by atoms with Crippen LogP contribution in [-0.2, 0) is 6.18 Å². The van der Waals surface area contributed by atoms with Gasteiger partial charge in [0.2, 0.25) is 0 Å². The molecule has 0 N–H and O–H groups in total. The van der Waals surface area contributed by atoms with Gasteiger partial charge in [-0.15, -0.1) is 0 Å². The van der Waals surface area contributed by atoms with Gasteiger partial charge in [-0.3, -0.25) is 0 Å². The Morgan fingerprint density at radius 2 is 1.94 bits per heavy atom. The molecule has 1 saturated carbocycles. The zero-order valence-electron chi connectivity index (χ0n) is 8.67. The van der Waals surface area contributed by atoms with Gasteiger partial charge >= 0.3 is 6.18 Å². The van der Waals surface area contributed by atoms with Gasteiger partial charge in [-0.25, -0.2) is 0 Å². The highest BCUT2D eigenvalue weighted by atomic mass is 19.4. The van der Waals surface area contributed by atoms with E-state index in [-0.39, 0.29) is 11.9 Å². The van der Waals surface area contributed by atoms with Crippen LogP contribution in [0.5, 0.6) is 11.5 Å². The lowest BCUT2D eigenvalue weighted by Gasteiger charge is -2.13. The van der Waals surface area contributed by atoms with Crippen LogP contribution in [0.2, 0.25) is 0 Å². The molecule has 1 aromatic rings. The van der Waals surface area contributed by atoms with Crippen molar-refractivity contribution in [2.45, 2.75) is 25.1 Å². The van der Waals surface area contributed by atoms with E-state index in [1.165, 1.54) is 19.2 Å². The van der Waals surface area contributed by atoms with Gasteiger partial charge in [-0.05, 0) is 25.0 Å². The van der Waals surface area contributed by atoms with Gasteiger partial charge in [0.05, 0.1) is 18.8 Å². The SMILES string of the molecule is COc1cc(OC2CC2)ccc1C(F)(F)F. The summed E-state index contributed by atoms with van der Waals surface area (Å²) in [6, 6.07) is 3.58. The normalized spacial score (nSPS) is 16.0. The van der Waals surface area contributed by atoms with E-state index in [4.69, 9.17) is 9.47 Å². The van der Waals surface area contributed by atoms with Crippen molar-refractivity contribution >= 4 is 0 Å².